The number of nitrogens with one attached hydrogen (secondary N) is 1. The summed E-state index contributed by atoms with van der Waals surface area (Å²) in [5.41, 5.74) is 2.22. The van der Waals surface area contributed by atoms with Crippen molar-refractivity contribution in [2.24, 2.45) is 0 Å². The van der Waals surface area contributed by atoms with Crippen LogP contribution in [-0.2, 0) is 4.74 Å². The lowest BCUT2D eigenvalue weighted by molar-refractivity contribution is 0.0376. The number of amides is 1. The maximum atomic E-state index is 13.0. The number of piperazine rings is 1. The molecule has 0 saturated carbocycles. The van der Waals surface area contributed by atoms with Gasteiger partial charge in [0.2, 0.25) is 0 Å². The van der Waals surface area contributed by atoms with Crippen molar-refractivity contribution in [1.82, 2.24) is 14.9 Å². The van der Waals surface area contributed by atoms with Gasteiger partial charge in [0, 0.05) is 42.5 Å². The van der Waals surface area contributed by atoms with Gasteiger partial charge in [0.05, 0.1) is 11.7 Å². The normalized spacial score (nSPS) is 14.5. The number of anilines is 1. The van der Waals surface area contributed by atoms with E-state index >= 15 is 0 Å². The monoisotopic (exact) mass is 448 g/mol. The van der Waals surface area contributed by atoms with E-state index in [4.69, 9.17) is 4.74 Å². The molecule has 150 valence electrons. The minimum atomic E-state index is -0.397. The smallest absolute Gasteiger partial charge is 0.340 e. The van der Waals surface area contributed by atoms with Crippen molar-refractivity contribution in [2.45, 2.75) is 33.8 Å². The maximum Gasteiger partial charge on any atom is 0.340 e. The Kier molecular flexibility index (Phi) is 6.07. The summed E-state index contributed by atoms with van der Waals surface area (Å²) in [5.74, 6) is 0.417. The van der Waals surface area contributed by atoms with E-state index in [1.165, 1.54) is 0 Å². The number of ether oxygens (including phenoxy) is 1. The van der Waals surface area contributed by atoms with Crippen LogP contribution in [-0.4, -0.2) is 59.0 Å². The van der Waals surface area contributed by atoms with E-state index < -0.39 is 5.97 Å². The standard InChI is InChI=1S/C20H25BrN4O3/c1-12(2)28-20(27)17-13(3)18(23-14(17)4)19(26)25-9-7-24(8-10-25)16-6-5-15(21)11-22-16/h5-6,11-12,23H,7-10H2,1-4H3. The summed E-state index contributed by atoms with van der Waals surface area (Å²) in [5, 5.41) is 0. The summed E-state index contributed by atoms with van der Waals surface area (Å²) in [7, 11) is 0. The molecule has 0 spiro atoms. The number of nitrogens with zero attached hydrogens (tertiary/aromatic N) is 3. The molecule has 0 bridgehead atoms. The first kappa shape index (κ1) is 20.4. The Hall–Kier alpha value is -2.35. The van der Waals surface area contributed by atoms with Crippen molar-refractivity contribution in [3.8, 4) is 0 Å². The highest BCUT2D eigenvalue weighted by Gasteiger charge is 2.28. The molecule has 0 radical (unpaired) electrons. The molecule has 2 aromatic heterocycles. The lowest BCUT2D eigenvalue weighted by Crippen LogP contribution is -2.49. The number of carbonyl (C=O) groups excluding carboxylic acids is 2. The SMILES string of the molecule is Cc1[nH]c(C(=O)N2CCN(c3ccc(Br)cn3)CC2)c(C)c1C(=O)OC(C)C. The van der Waals surface area contributed by atoms with Crippen LogP contribution < -0.4 is 4.90 Å². The molecular weight excluding hydrogens is 424 g/mol. The predicted octanol–water partition coefficient (Wildman–Crippen LogP) is 3.32. The molecule has 8 heteroatoms. The molecule has 1 aliphatic heterocycles. The minimum Gasteiger partial charge on any atom is -0.459 e. The van der Waals surface area contributed by atoms with E-state index in [2.05, 4.69) is 30.8 Å². The van der Waals surface area contributed by atoms with E-state index in [0.29, 0.717) is 48.7 Å². The first-order valence-electron chi connectivity index (χ1n) is 9.34. The van der Waals surface area contributed by atoms with E-state index in [0.717, 1.165) is 10.3 Å². The molecule has 0 aliphatic carbocycles. The first-order valence-corrected chi connectivity index (χ1v) is 10.1. The van der Waals surface area contributed by atoms with Crippen LogP contribution in [0.25, 0.3) is 0 Å². The average molecular weight is 449 g/mol. The summed E-state index contributed by atoms with van der Waals surface area (Å²) in [6.45, 7) is 9.80. The zero-order valence-electron chi connectivity index (χ0n) is 16.6. The first-order chi connectivity index (χ1) is 13.3. The summed E-state index contributed by atoms with van der Waals surface area (Å²) < 4.78 is 6.25. The number of halogens is 1. The molecule has 3 heterocycles. The number of aromatic nitrogens is 2. The molecule has 0 atom stereocenters. The molecule has 1 amide bonds. The van der Waals surface area contributed by atoms with Gasteiger partial charge in [-0.05, 0) is 61.3 Å². The van der Waals surface area contributed by atoms with Crippen LogP contribution in [0.3, 0.4) is 0 Å². The third kappa shape index (κ3) is 4.22. The Balaban J connectivity index is 1.70. The van der Waals surface area contributed by atoms with E-state index in [9.17, 15) is 9.59 Å². The Morgan fingerprint density at radius 3 is 2.43 bits per heavy atom. The average Bonchev–Trinajstić information content (AvgIpc) is 2.95. The number of hydrogen-bond donors (Lipinski definition) is 1. The molecule has 1 N–H and O–H groups in total. The lowest BCUT2D eigenvalue weighted by Gasteiger charge is -2.35. The number of H-pyrrole nitrogens is 1. The lowest BCUT2D eigenvalue weighted by atomic mass is 10.1. The molecule has 2 aromatic rings. The Morgan fingerprint density at radius 2 is 1.86 bits per heavy atom. The summed E-state index contributed by atoms with van der Waals surface area (Å²) in [6.07, 6.45) is 1.57. The summed E-state index contributed by atoms with van der Waals surface area (Å²) >= 11 is 3.39. The van der Waals surface area contributed by atoms with Crippen molar-refractivity contribution in [3.63, 3.8) is 0 Å². The fourth-order valence-electron chi connectivity index (χ4n) is 3.39. The molecule has 0 unspecified atom stereocenters. The van der Waals surface area contributed by atoms with Crippen molar-refractivity contribution in [3.05, 3.63) is 45.3 Å². The van der Waals surface area contributed by atoms with E-state index in [1.807, 2.05) is 17.0 Å². The van der Waals surface area contributed by atoms with Crippen molar-refractivity contribution < 1.29 is 14.3 Å². The Labute approximate surface area is 173 Å². The van der Waals surface area contributed by atoms with Crippen LogP contribution >= 0.6 is 15.9 Å². The fourth-order valence-corrected chi connectivity index (χ4v) is 3.63. The van der Waals surface area contributed by atoms with Crippen molar-refractivity contribution in [2.75, 3.05) is 31.1 Å². The van der Waals surface area contributed by atoms with Gasteiger partial charge in [-0.3, -0.25) is 4.79 Å². The molecule has 1 saturated heterocycles. The van der Waals surface area contributed by atoms with Gasteiger partial charge >= 0.3 is 5.97 Å². The molecule has 7 nitrogen and oxygen atoms in total. The largest absolute Gasteiger partial charge is 0.459 e. The number of hydrogen-bond acceptors (Lipinski definition) is 5. The van der Waals surface area contributed by atoms with Gasteiger partial charge in [0.1, 0.15) is 11.5 Å². The zero-order valence-corrected chi connectivity index (χ0v) is 18.2. The zero-order chi connectivity index (χ0) is 20.4. The van der Waals surface area contributed by atoms with Gasteiger partial charge in [-0.1, -0.05) is 0 Å². The third-order valence-corrected chi connectivity index (χ3v) is 5.27. The number of aromatic amines is 1. The van der Waals surface area contributed by atoms with Crippen molar-refractivity contribution in [1.29, 1.82) is 0 Å². The highest BCUT2D eigenvalue weighted by atomic mass is 79.9. The molecule has 3 rings (SSSR count). The molecule has 1 fully saturated rings. The van der Waals surface area contributed by atoms with Crippen LogP contribution in [0.4, 0.5) is 5.82 Å². The second-order valence-corrected chi connectivity index (χ2v) is 8.11. The summed E-state index contributed by atoms with van der Waals surface area (Å²) in [4.78, 5) is 36.9. The number of carbonyl (C=O) groups is 2. The molecular formula is C20H25BrN4O3. The quantitative estimate of drug-likeness (QED) is 0.725. The Morgan fingerprint density at radius 1 is 1.18 bits per heavy atom. The molecule has 1 aliphatic rings. The summed E-state index contributed by atoms with van der Waals surface area (Å²) in [6, 6.07) is 3.93. The van der Waals surface area contributed by atoms with Crippen LogP contribution in [0, 0.1) is 13.8 Å². The molecule has 28 heavy (non-hydrogen) atoms. The van der Waals surface area contributed by atoms with Crippen LogP contribution in [0.1, 0.15) is 46.0 Å². The van der Waals surface area contributed by atoms with Gasteiger partial charge < -0.3 is 19.5 Å². The number of esters is 1. The molecule has 0 aromatic carbocycles. The topological polar surface area (TPSA) is 78.5 Å². The highest BCUT2D eigenvalue weighted by molar-refractivity contribution is 9.10. The second kappa shape index (κ2) is 8.34. The second-order valence-electron chi connectivity index (χ2n) is 7.19. The van der Waals surface area contributed by atoms with E-state index in [1.54, 1.807) is 33.9 Å². The highest BCUT2D eigenvalue weighted by Crippen LogP contribution is 2.22. The number of aryl methyl sites for hydroxylation is 1. The van der Waals surface area contributed by atoms with Gasteiger partial charge in [-0.15, -0.1) is 0 Å². The van der Waals surface area contributed by atoms with Crippen LogP contribution in [0.15, 0.2) is 22.8 Å². The minimum absolute atomic E-state index is 0.0902. The van der Waals surface area contributed by atoms with Crippen LogP contribution in [0.2, 0.25) is 0 Å². The number of pyridine rings is 1. The van der Waals surface area contributed by atoms with Gasteiger partial charge in [-0.25, -0.2) is 9.78 Å². The third-order valence-electron chi connectivity index (χ3n) is 4.80. The maximum absolute atomic E-state index is 13.0. The van der Waals surface area contributed by atoms with Crippen LogP contribution in [0.5, 0.6) is 0 Å². The Bertz CT molecular complexity index is 868. The van der Waals surface area contributed by atoms with Crippen molar-refractivity contribution >= 4 is 33.6 Å². The van der Waals surface area contributed by atoms with E-state index in [-0.39, 0.29) is 12.0 Å². The van der Waals surface area contributed by atoms with Gasteiger partial charge in [0.15, 0.2) is 0 Å². The predicted molar refractivity (Wildman–Crippen MR) is 111 cm³/mol. The fraction of sp³-hybridized carbons (Fsp3) is 0.450. The number of rotatable bonds is 4. The van der Waals surface area contributed by atoms with Gasteiger partial charge in [-0.2, -0.15) is 0 Å². The van der Waals surface area contributed by atoms with Gasteiger partial charge in [0.25, 0.3) is 5.91 Å².